The van der Waals surface area contributed by atoms with Gasteiger partial charge in [0.05, 0.1) is 32.9 Å². The Bertz CT molecular complexity index is 1460. The van der Waals surface area contributed by atoms with E-state index in [1.54, 1.807) is 40.7 Å². The van der Waals surface area contributed by atoms with Crippen molar-refractivity contribution in [2.75, 3.05) is 0 Å². The minimum Gasteiger partial charge on any atom is -0.456 e. The molecule has 0 bridgehead atoms. The zero-order valence-corrected chi connectivity index (χ0v) is 17.7. The number of thiazole rings is 1. The summed E-state index contributed by atoms with van der Waals surface area (Å²) in [4.78, 5) is 35.7. The fourth-order valence-electron chi connectivity index (χ4n) is 3.34. The second-order valence-electron chi connectivity index (χ2n) is 6.66. The van der Waals surface area contributed by atoms with Crippen LogP contribution >= 0.6 is 22.7 Å². The van der Waals surface area contributed by atoms with Gasteiger partial charge in [0.25, 0.3) is 5.56 Å². The van der Waals surface area contributed by atoms with E-state index >= 15 is 0 Å². The summed E-state index contributed by atoms with van der Waals surface area (Å²) in [5.74, 6) is -0.510. The summed E-state index contributed by atoms with van der Waals surface area (Å²) in [7, 11) is 1.79. The van der Waals surface area contributed by atoms with E-state index in [9.17, 15) is 9.59 Å². The van der Waals surface area contributed by atoms with Gasteiger partial charge in [-0.2, -0.15) is 5.10 Å². The molecule has 10 heteroatoms. The van der Waals surface area contributed by atoms with Crippen LogP contribution in [0.3, 0.4) is 0 Å². The van der Waals surface area contributed by atoms with E-state index in [0.29, 0.717) is 38.6 Å². The van der Waals surface area contributed by atoms with Crippen molar-refractivity contribution in [1.82, 2.24) is 24.1 Å². The van der Waals surface area contributed by atoms with Crippen molar-refractivity contribution in [3.63, 3.8) is 0 Å². The number of fused-ring (bicyclic) bond motifs is 2. The van der Waals surface area contributed by atoms with Crippen molar-refractivity contribution in [3.05, 3.63) is 68.5 Å². The van der Waals surface area contributed by atoms with Crippen LogP contribution < -0.4 is 5.56 Å². The Morgan fingerprint density at radius 2 is 2.07 bits per heavy atom. The second kappa shape index (κ2) is 7.15. The first-order chi connectivity index (χ1) is 14.5. The summed E-state index contributed by atoms with van der Waals surface area (Å²) in [5, 5.41) is 8.80. The molecule has 0 atom stereocenters. The number of hydrogen-bond donors (Lipinski definition) is 0. The van der Waals surface area contributed by atoms with E-state index in [0.717, 1.165) is 4.88 Å². The summed E-state index contributed by atoms with van der Waals surface area (Å²) in [6, 6.07) is 6.99. The molecule has 0 fully saturated rings. The molecule has 5 rings (SSSR count). The summed E-state index contributed by atoms with van der Waals surface area (Å²) in [5.41, 5.74) is 2.58. The van der Waals surface area contributed by atoms with E-state index in [2.05, 4.69) is 15.1 Å². The molecule has 0 aliphatic rings. The van der Waals surface area contributed by atoms with Crippen LogP contribution in [0.4, 0.5) is 0 Å². The standard InChI is InChI=1S/C20H15N5O3S2/c1-11-17-13(9-14(15-4-3-6-29-15)22-18(17)24(2)23-11)19(27)28-10-12-8-16(26)25-5-7-30-20(25)21-12/h3-9H,10H2,1-2H3. The maximum absolute atomic E-state index is 13.0. The Labute approximate surface area is 178 Å². The van der Waals surface area contributed by atoms with Crippen molar-refractivity contribution < 1.29 is 9.53 Å². The summed E-state index contributed by atoms with van der Waals surface area (Å²) in [6.07, 6.45) is 1.66. The first-order valence-corrected chi connectivity index (χ1v) is 10.8. The lowest BCUT2D eigenvalue weighted by Gasteiger charge is -2.08. The first kappa shape index (κ1) is 18.6. The second-order valence-corrected chi connectivity index (χ2v) is 8.48. The molecule has 0 amide bonds. The van der Waals surface area contributed by atoms with Gasteiger partial charge in [-0.3, -0.25) is 13.9 Å². The summed E-state index contributed by atoms with van der Waals surface area (Å²) >= 11 is 2.89. The maximum Gasteiger partial charge on any atom is 0.339 e. The maximum atomic E-state index is 13.0. The Morgan fingerprint density at radius 3 is 2.87 bits per heavy atom. The minimum absolute atomic E-state index is 0.0973. The predicted molar refractivity (Wildman–Crippen MR) is 115 cm³/mol. The van der Waals surface area contributed by atoms with Crippen LogP contribution in [-0.4, -0.2) is 30.1 Å². The molecule has 0 radical (unpaired) electrons. The highest BCUT2D eigenvalue weighted by molar-refractivity contribution is 7.15. The van der Waals surface area contributed by atoms with E-state index in [1.165, 1.54) is 21.8 Å². The fraction of sp³-hybridized carbons (Fsp3) is 0.150. The number of aryl methyl sites for hydroxylation is 2. The van der Waals surface area contributed by atoms with Crippen LogP contribution in [0.25, 0.3) is 26.6 Å². The average Bonchev–Trinajstić information content (AvgIpc) is 3.47. The van der Waals surface area contributed by atoms with Crippen LogP contribution in [0.2, 0.25) is 0 Å². The molecule has 0 aromatic carbocycles. The molecule has 0 N–H and O–H groups in total. The molecule has 30 heavy (non-hydrogen) atoms. The number of carbonyl (C=O) groups excluding carboxylic acids is 1. The van der Waals surface area contributed by atoms with Gasteiger partial charge in [-0.05, 0) is 24.4 Å². The molecule has 8 nitrogen and oxygen atoms in total. The highest BCUT2D eigenvalue weighted by Gasteiger charge is 2.21. The van der Waals surface area contributed by atoms with Gasteiger partial charge < -0.3 is 4.74 Å². The van der Waals surface area contributed by atoms with Gasteiger partial charge in [0.15, 0.2) is 10.6 Å². The van der Waals surface area contributed by atoms with Crippen molar-refractivity contribution >= 4 is 44.6 Å². The molecule has 5 heterocycles. The van der Waals surface area contributed by atoms with Crippen molar-refractivity contribution in [1.29, 1.82) is 0 Å². The lowest BCUT2D eigenvalue weighted by molar-refractivity contribution is 0.0470. The number of pyridine rings is 1. The van der Waals surface area contributed by atoms with Crippen molar-refractivity contribution in [2.45, 2.75) is 13.5 Å². The smallest absolute Gasteiger partial charge is 0.339 e. The van der Waals surface area contributed by atoms with Gasteiger partial charge in [-0.1, -0.05) is 6.07 Å². The lowest BCUT2D eigenvalue weighted by Crippen LogP contribution is -2.15. The monoisotopic (exact) mass is 437 g/mol. The molecule has 0 aliphatic carbocycles. The molecule has 0 aliphatic heterocycles. The van der Waals surface area contributed by atoms with Gasteiger partial charge >= 0.3 is 5.97 Å². The average molecular weight is 438 g/mol. The zero-order valence-electron chi connectivity index (χ0n) is 16.0. The number of hydrogen-bond acceptors (Lipinski definition) is 8. The van der Waals surface area contributed by atoms with E-state index < -0.39 is 5.97 Å². The van der Waals surface area contributed by atoms with E-state index in [-0.39, 0.29) is 12.2 Å². The minimum atomic E-state index is -0.510. The molecular formula is C20H15N5O3S2. The lowest BCUT2D eigenvalue weighted by atomic mass is 10.1. The molecule has 0 unspecified atom stereocenters. The number of rotatable bonds is 4. The quantitative estimate of drug-likeness (QED) is 0.400. The van der Waals surface area contributed by atoms with Crippen LogP contribution in [0.5, 0.6) is 0 Å². The molecule has 0 saturated carbocycles. The normalized spacial score (nSPS) is 11.4. The third-order valence-electron chi connectivity index (χ3n) is 4.67. The Kier molecular flexibility index (Phi) is 4.44. The van der Waals surface area contributed by atoms with Gasteiger partial charge in [-0.15, -0.1) is 22.7 Å². The highest BCUT2D eigenvalue weighted by Crippen LogP contribution is 2.29. The van der Waals surface area contributed by atoms with Crippen LogP contribution in [0.15, 0.2) is 46.0 Å². The number of ether oxygens (including phenoxy) is 1. The summed E-state index contributed by atoms with van der Waals surface area (Å²) in [6.45, 7) is 1.73. The summed E-state index contributed by atoms with van der Waals surface area (Å²) < 4.78 is 8.64. The molecule has 0 spiro atoms. The van der Waals surface area contributed by atoms with Crippen molar-refractivity contribution in [2.24, 2.45) is 7.05 Å². The Hall–Kier alpha value is -3.37. The highest BCUT2D eigenvalue weighted by atomic mass is 32.1. The molecule has 0 saturated heterocycles. The van der Waals surface area contributed by atoms with Gasteiger partial charge in [0.2, 0.25) is 0 Å². The Morgan fingerprint density at radius 1 is 1.20 bits per heavy atom. The van der Waals surface area contributed by atoms with E-state index in [4.69, 9.17) is 4.74 Å². The van der Waals surface area contributed by atoms with Crippen molar-refractivity contribution in [3.8, 4) is 10.6 Å². The largest absolute Gasteiger partial charge is 0.456 e. The van der Waals surface area contributed by atoms with Gasteiger partial charge in [0.1, 0.15) is 6.61 Å². The first-order valence-electron chi connectivity index (χ1n) is 9.02. The number of aromatic nitrogens is 5. The number of esters is 1. The number of carbonyl (C=O) groups is 1. The third-order valence-corrected chi connectivity index (χ3v) is 6.32. The van der Waals surface area contributed by atoms with E-state index in [1.807, 2.05) is 24.4 Å². The molecule has 5 aromatic rings. The van der Waals surface area contributed by atoms with Gasteiger partial charge in [0, 0.05) is 24.7 Å². The molecule has 150 valence electrons. The fourth-order valence-corrected chi connectivity index (χ4v) is 4.76. The predicted octanol–water partition coefficient (Wildman–Crippen LogP) is 3.43. The van der Waals surface area contributed by atoms with Gasteiger partial charge in [-0.25, -0.2) is 14.8 Å². The van der Waals surface area contributed by atoms with Crippen LogP contribution in [-0.2, 0) is 18.4 Å². The number of nitrogens with zero attached hydrogens (tertiary/aromatic N) is 5. The SMILES string of the molecule is Cc1nn(C)c2nc(-c3cccs3)cc(C(=O)OCc3cc(=O)n4ccsc4n3)c12. The molecule has 5 aromatic heterocycles. The third kappa shape index (κ3) is 3.10. The topological polar surface area (TPSA) is 91.4 Å². The zero-order chi connectivity index (χ0) is 20.8. The Balaban J connectivity index is 1.52. The molecular weight excluding hydrogens is 422 g/mol. The van der Waals surface area contributed by atoms with Crippen LogP contribution in [0, 0.1) is 6.92 Å². The van der Waals surface area contributed by atoms with Crippen LogP contribution in [0.1, 0.15) is 21.7 Å². The number of thiophene rings is 1.